The maximum absolute atomic E-state index is 5.29. The van der Waals surface area contributed by atoms with Gasteiger partial charge in [0.05, 0.1) is 0 Å². The first-order valence-corrected chi connectivity index (χ1v) is 5.43. The lowest BCUT2D eigenvalue weighted by Gasteiger charge is -2.13. The van der Waals surface area contributed by atoms with E-state index >= 15 is 0 Å². The molecule has 80 valence electrons. The second kappa shape index (κ2) is 7.03. The molecule has 1 heterocycles. The van der Waals surface area contributed by atoms with Crippen LogP contribution in [0.4, 0.5) is 0 Å². The smallest absolute Gasteiger partial charge is 0.0416 e. The number of hydrogen-bond acceptors (Lipinski definition) is 2. The molecule has 2 heteroatoms. The molecular weight excluding hydrogens is 184 g/mol. The van der Waals surface area contributed by atoms with Gasteiger partial charge in [0, 0.05) is 37.3 Å². The number of nitrogens with one attached hydrogen (secondary N) is 1. The second-order valence-corrected chi connectivity index (χ2v) is 3.54. The van der Waals surface area contributed by atoms with Gasteiger partial charge in [-0.25, -0.2) is 0 Å². The van der Waals surface area contributed by atoms with E-state index in [9.17, 15) is 0 Å². The second-order valence-electron chi connectivity index (χ2n) is 3.54. The van der Waals surface area contributed by atoms with E-state index < -0.39 is 0 Å². The fraction of sp³-hybridized carbons (Fsp3) is 0.462. The normalized spacial score (nSPS) is 12.0. The van der Waals surface area contributed by atoms with Crippen LogP contribution in [-0.2, 0) is 6.42 Å². The molecule has 1 aromatic rings. The van der Waals surface area contributed by atoms with Crippen LogP contribution in [0.2, 0.25) is 0 Å². The minimum Gasteiger partial charge on any atom is -0.313 e. The Morgan fingerprint density at radius 1 is 1.53 bits per heavy atom. The molecule has 0 aromatic carbocycles. The van der Waals surface area contributed by atoms with E-state index in [1.165, 1.54) is 0 Å². The SMILES string of the molecule is C#CCC(CC)NCCc1ccccn1. The highest BCUT2D eigenvalue weighted by Crippen LogP contribution is 1.97. The molecule has 1 rings (SSSR count). The predicted octanol–water partition coefficient (Wildman–Crippen LogP) is 2.02. The Morgan fingerprint density at radius 2 is 2.40 bits per heavy atom. The predicted molar refractivity (Wildman–Crippen MR) is 63.5 cm³/mol. The van der Waals surface area contributed by atoms with Crippen molar-refractivity contribution in [2.75, 3.05) is 6.54 Å². The number of terminal acetylenes is 1. The first kappa shape index (κ1) is 11.7. The molecule has 0 spiro atoms. The Balaban J connectivity index is 2.24. The molecule has 0 aliphatic rings. The maximum Gasteiger partial charge on any atom is 0.0416 e. The molecule has 0 saturated heterocycles. The molecule has 0 amide bonds. The highest BCUT2D eigenvalue weighted by atomic mass is 14.9. The number of hydrogen-bond donors (Lipinski definition) is 1. The summed E-state index contributed by atoms with van der Waals surface area (Å²) >= 11 is 0. The molecule has 0 aliphatic carbocycles. The van der Waals surface area contributed by atoms with Crippen LogP contribution in [-0.4, -0.2) is 17.6 Å². The summed E-state index contributed by atoms with van der Waals surface area (Å²) in [6.45, 7) is 3.09. The van der Waals surface area contributed by atoms with Gasteiger partial charge in [0.25, 0.3) is 0 Å². The van der Waals surface area contributed by atoms with Crippen molar-refractivity contribution in [3.8, 4) is 12.3 Å². The Bertz CT molecular complexity index is 300. The third-order valence-electron chi connectivity index (χ3n) is 2.40. The highest BCUT2D eigenvalue weighted by Gasteiger charge is 2.02. The quantitative estimate of drug-likeness (QED) is 0.714. The van der Waals surface area contributed by atoms with Crippen molar-refractivity contribution in [2.45, 2.75) is 32.2 Å². The molecule has 0 fully saturated rings. The summed E-state index contributed by atoms with van der Waals surface area (Å²) in [5.74, 6) is 2.69. The average Bonchev–Trinajstić information content (AvgIpc) is 2.29. The lowest BCUT2D eigenvalue weighted by Crippen LogP contribution is -2.30. The van der Waals surface area contributed by atoms with Crippen LogP contribution in [0.5, 0.6) is 0 Å². The molecule has 2 nitrogen and oxygen atoms in total. The molecule has 0 bridgehead atoms. The van der Waals surface area contributed by atoms with Crippen molar-refractivity contribution >= 4 is 0 Å². The fourth-order valence-corrected chi connectivity index (χ4v) is 1.45. The summed E-state index contributed by atoms with van der Waals surface area (Å²) in [7, 11) is 0. The van der Waals surface area contributed by atoms with E-state index in [4.69, 9.17) is 6.42 Å². The topological polar surface area (TPSA) is 24.9 Å². The van der Waals surface area contributed by atoms with Gasteiger partial charge in [-0.15, -0.1) is 12.3 Å². The van der Waals surface area contributed by atoms with Crippen molar-refractivity contribution in [3.05, 3.63) is 30.1 Å². The van der Waals surface area contributed by atoms with Gasteiger partial charge < -0.3 is 5.32 Å². The summed E-state index contributed by atoms with van der Waals surface area (Å²) in [5, 5.41) is 3.44. The minimum absolute atomic E-state index is 0.443. The number of aromatic nitrogens is 1. The molecule has 1 unspecified atom stereocenters. The van der Waals surface area contributed by atoms with Crippen LogP contribution >= 0.6 is 0 Å². The first-order chi connectivity index (χ1) is 7.36. The van der Waals surface area contributed by atoms with Gasteiger partial charge in [-0.1, -0.05) is 13.0 Å². The van der Waals surface area contributed by atoms with Gasteiger partial charge in [0.1, 0.15) is 0 Å². The van der Waals surface area contributed by atoms with Crippen molar-refractivity contribution < 1.29 is 0 Å². The summed E-state index contributed by atoms with van der Waals surface area (Å²) < 4.78 is 0. The maximum atomic E-state index is 5.29. The zero-order valence-corrected chi connectivity index (χ0v) is 9.24. The van der Waals surface area contributed by atoms with E-state index in [0.29, 0.717) is 6.04 Å². The van der Waals surface area contributed by atoms with Gasteiger partial charge in [0.15, 0.2) is 0 Å². The van der Waals surface area contributed by atoms with Crippen molar-refractivity contribution in [1.29, 1.82) is 0 Å². The molecule has 1 atom stereocenters. The summed E-state index contributed by atoms with van der Waals surface area (Å²) in [4.78, 5) is 4.27. The lowest BCUT2D eigenvalue weighted by molar-refractivity contribution is 0.509. The Morgan fingerprint density at radius 3 is 3.00 bits per heavy atom. The highest BCUT2D eigenvalue weighted by molar-refractivity contribution is 5.03. The van der Waals surface area contributed by atoms with Crippen LogP contribution in [0.25, 0.3) is 0 Å². The van der Waals surface area contributed by atoms with Crippen molar-refractivity contribution in [3.63, 3.8) is 0 Å². The molecule has 0 aliphatic heterocycles. The number of rotatable bonds is 6. The third kappa shape index (κ3) is 4.62. The van der Waals surface area contributed by atoms with Crippen LogP contribution in [0, 0.1) is 12.3 Å². The van der Waals surface area contributed by atoms with E-state index in [0.717, 1.165) is 31.5 Å². The van der Waals surface area contributed by atoms with Gasteiger partial charge in [-0.05, 0) is 18.6 Å². The van der Waals surface area contributed by atoms with Crippen LogP contribution in [0.1, 0.15) is 25.5 Å². The lowest BCUT2D eigenvalue weighted by atomic mass is 10.1. The van der Waals surface area contributed by atoms with E-state index in [1.807, 2.05) is 24.4 Å². The summed E-state index contributed by atoms with van der Waals surface area (Å²) in [5.41, 5.74) is 1.13. The third-order valence-corrected chi connectivity index (χ3v) is 2.40. The van der Waals surface area contributed by atoms with Crippen molar-refractivity contribution in [1.82, 2.24) is 10.3 Å². The van der Waals surface area contributed by atoms with Crippen molar-refractivity contribution in [2.24, 2.45) is 0 Å². The van der Waals surface area contributed by atoms with Gasteiger partial charge in [-0.2, -0.15) is 0 Å². The molecular formula is C13H18N2. The molecule has 15 heavy (non-hydrogen) atoms. The monoisotopic (exact) mass is 202 g/mol. The Hall–Kier alpha value is -1.33. The zero-order valence-electron chi connectivity index (χ0n) is 9.24. The van der Waals surface area contributed by atoms with Gasteiger partial charge >= 0.3 is 0 Å². The van der Waals surface area contributed by atoms with E-state index in [-0.39, 0.29) is 0 Å². The fourth-order valence-electron chi connectivity index (χ4n) is 1.45. The number of pyridine rings is 1. The molecule has 0 radical (unpaired) electrons. The Labute approximate surface area is 92.1 Å². The summed E-state index contributed by atoms with van der Waals surface area (Å²) in [6, 6.07) is 6.44. The standard InChI is InChI=1S/C13H18N2/c1-3-7-12(4-2)15-11-9-13-8-5-6-10-14-13/h1,5-6,8,10,12,15H,4,7,9,11H2,2H3. The number of nitrogens with zero attached hydrogens (tertiary/aromatic N) is 1. The zero-order chi connectivity index (χ0) is 10.9. The average molecular weight is 202 g/mol. The van der Waals surface area contributed by atoms with Crippen LogP contribution in [0.15, 0.2) is 24.4 Å². The first-order valence-electron chi connectivity index (χ1n) is 5.43. The van der Waals surface area contributed by atoms with E-state index in [1.54, 1.807) is 0 Å². The summed E-state index contributed by atoms with van der Waals surface area (Å²) in [6.07, 6.45) is 9.95. The largest absolute Gasteiger partial charge is 0.313 e. The Kier molecular flexibility index (Phi) is 5.50. The van der Waals surface area contributed by atoms with Gasteiger partial charge in [-0.3, -0.25) is 4.98 Å². The molecule has 1 aromatic heterocycles. The van der Waals surface area contributed by atoms with E-state index in [2.05, 4.69) is 23.1 Å². The molecule has 0 saturated carbocycles. The molecule has 1 N–H and O–H groups in total. The minimum atomic E-state index is 0.443. The van der Waals surface area contributed by atoms with Gasteiger partial charge in [0.2, 0.25) is 0 Å². The van der Waals surface area contributed by atoms with Crippen LogP contribution < -0.4 is 5.32 Å². The van der Waals surface area contributed by atoms with Crippen LogP contribution in [0.3, 0.4) is 0 Å².